The highest BCUT2D eigenvalue weighted by atomic mass is 79.9. The minimum absolute atomic E-state index is 0.104. The quantitative estimate of drug-likeness (QED) is 0.932. The molecule has 0 aliphatic rings. The summed E-state index contributed by atoms with van der Waals surface area (Å²) in [6.45, 7) is 2.81. The Hall–Kier alpha value is -1.43. The third-order valence-electron chi connectivity index (χ3n) is 2.83. The second-order valence-corrected chi connectivity index (χ2v) is 5.21. The van der Waals surface area contributed by atoms with Crippen molar-refractivity contribution >= 4 is 27.8 Å². The van der Waals surface area contributed by atoms with Crippen molar-refractivity contribution in [2.75, 3.05) is 7.05 Å². The minimum Gasteiger partial charge on any atom is -0.480 e. The molecule has 0 radical (unpaired) electrons. The van der Waals surface area contributed by atoms with Crippen molar-refractivity contribution in [3.05, 3.63) is 34.1 Å². The molecule has 98 valence electrons. The zero-order chi connectivity index (χ0) is 14.1. The standard InChI is InChI=1S/C12H13BrFNO3/c1-12(2,11(17)18)15(3)10(16)7-4-5-8(13)9(14)6-7/h4-6H,1-3H3,(H,17,18). The zero-order valence-corrected chi connectivity index (χ0v) is 11.8. The monoisotopic (exact) mass is 317 g/mol. The molecule has 1 rings (SSSR count). The molecule has 1 aromatic rings. The van der Waals surface area contributed by atoms with E-state index in [4.69, 9.17) is 5.11 Å². The molecule has 1 amide bonds. The van der Waals surface area contributed by atoms with E-state index >= 15 is 0 Å². The number of aliphatic carboxylic acids is 1. The molecule has 6 heteroatoms. The molecule has 0 saturated carbocycles. The van der Waals surface area contributed by atoms with Crippen LogP contribution in [0, 0.1) is 5.82 Å². The zero-order valence-electron chi connectivity index (χ0n) is 10.2. The predicted molar refractivity (Wildman–Crippen MR) is 67.9 cm³/mol. The third kappa shape index (κ3) is 2.69. The first kappa shape index (κ1) is 14.6. The normalized spacial score (nSPS) is 11.2. The first-order valence-corrected chi connectivity index (χ1v) is 5.94. The highest BCUT2D eigenvalue weighted by molar-refractivity contribution is 9.10. The Morgan fingerprint density at radius 1 is 1.39 bits per heavy atom. The van der Waals surface area contributed by atoms with Crippen molar-refractivity contribution < 1.29 is 19.1 Å². The van der Waals surface area contributed by atoms with E-state index in [1.807, 2.05) is 0 Å². The fraction of sp³-hybridized carbons (Fsp3) is 0.333. The van der Waals surface area contributed by atoms with Crippen LogP contribution in [0.2, 0.25) is 0 Å². The lowest BCUT2D eigenvalue weighted by Crippen LogP contribution is -2.50. The summed E-state index contributed by atoms with van der Waals surface area (Å²) in [6.07, 6.45) is 0. The first-order valence-electron chi connectivity index (χ1n) is 5.14. The van der Waals surface area contributed by atoms with Gasteiger partial charge in [-0.3, -0.25) is 4.79 Å². The predicted octanol–water partition coefficient (Wildman–Crippen LogP) is 2.52. The Morgan fingerprint density at radius 3 is 2.39 bits per heavy atom. The number of halogens is 2. The largest absolute Gasteiger partial charge is 0.480 e. The van der Waals surface area contributed by atoms with Gasteiger partial charge in [0.05, 0.1) is 4.47 Å². The van der Waals surface area contributed by atoms with E-state index in [2.05, 4.69) is 15.9 Å². The average molecular weight is 318 g/mol. The molecule has 0 aromatic heterocycles. The summed E-state index contributed by atoms with van der Waals surface area (Å²) in [7, 11) is 1.37. The summed E-state index contributed by atoms with van der Waals surface area (Å²) in [5.41, 5.74) is -1.26. The van der Waals surface area contributed by atoms with Gasteiger partial charge in [-0.2, -0.15) is 0 Å². The number of nitrogens with zero attached hydrogens (tertiary/aromatic N) is 1. The molecular formula is C12H13BrFNO3. The molecule has 0 spiro atoms. The van der Waals surface area contributed by atoms with E-state index < -0.39 is 23.2 Å². The summed E-state index contributed by atoms with van der Waals surface area (Å²) in [6, 6.07) is 3.91. The van der Waals surface area contributed by atoms with Crippen LogP contribution in [-0.2, 0) is 4.79 Å². The number of carboxylic acids is 1. The van der Waals surface area contributed by atoms with Gasteiger partial charge in [-0.15, -0.1) is 0 Å². The Labute approximate surface area is 113 Å². The fourth-order valence-corrected chi connectivity index (χ4v) is 1.47. The summed E-state index contributed by atoms with van der Waals surface area (Å²) < 4.78 is 13.6. The van der Waals surface area contributed by atoms with Gasteiger partial charge in [-0.25, -0.2) is 9.18 Å². The molecule has 1 N–H and O–H groups in total. The molecular weight excluding hydrogens is 305 g/mol. The van der Waals surface area contributed by atoms with Crippen LogP contribution in [0.3, 0.4) is 0 Å². The van der Waals surface area contributed by atoms with E-state index in [1.54, 1.807) is 0 Å². The van der Waals surface area contributed by atoms with Crippen LogP contribution in [0.4, 0.5) is 4.39 Å². The molecule has 0 atom stereocenters. The number of carbonyl (C=O) groups is 2. The highest BCUT2D eigenvalue weighted by Gasteiger charge is 2.35. The van der Waals surface area contributed by atoms with Gasteiger partial charge >= 0.3 is 5.97 Å². The highest BCUT2D eigenvalue weighted by Crippen LogP contribution is 2.20. The number of amides is 1. The van der Waals surface area contributed by atoms with Crippen LogP contribution in [0.25, 0.3) is 0 Å². The summed E-state index contributed by atoms with van der Waals surface area (Å²) >= 11 is 2.98. The molecule has 4 nitrogen and oxygen atoms in total. The van der Waals surface area contributed by atoms with E-state index in [9.17, 15) is 14.0 Å². The SMILES string of the molecule is CN(C(=O)c1ccc(Br)c(F)c1)C(C)(C)C(=O)O. The van der Waals surface area contributed by atoms with Crippen molar-refractivity contribution in [1.29, 1.82) is 0 Å². The lowest BCUT2D eigenvalue weighted by atomic mass is 10.0. The molecule has 0 bridgehead atoms. The Balaban J connectivity index is 3.07. The van der Waals surface area contributed by atoms with Crippen LogP contribution >= 0.6 is 15.9 Å². The molecule has 1 aromatic carbocycles. The lowest BCUT2D eigenvalue weighted by Gasteiger charge is -2.31. The Bertz CT molecular complexity index is 502. The molecule has 18 heavy (non-hydrogen) atoms. The van der Waals surface area contributed by atoms with Crippen molar-refractivity contribution in [2.45, 2.75) is 19.4 Å². The Morgan fingerprint density at radius 2 is 1.94 bits per heavy atom. The number of rotatable bonds is 3. The maximum absolute atomic E-state index is 13.3. The van der Waals surface area contributed by atoms with Crippen LogP contribution in [-0.4, -0.2) is 34.5 Å². The third-order valence-corrected chi connectivity index (χ3v) is 3.48. The first-order chi connectivity index (χ1) is 8.17. The maximum atomic E-state index is 13.3. The van der Waals surface area contributed by atoms with Gasteiger partial charge in [0.2, 0.25) is 0 Å². The molecule has 0 fully saturated rings. The molecule has 0 heterocycles. The number of benzene rings is 1. The topological polar surface area (TPSA) is 57.6 Å². The Kier molecular flexibility index (Phi) is 4.11. The van der Waals surface area contributed by atoms with Gasteiger partial charge in [0.25, 0.3) is 5.91 Å². The molecule has 0 aliphatic heterocycles. The van der Waals surface area contributed by atoms with E-state index in [0.29, 0.717) is 0 Å². The van der Waals surface area contributed by atoms with Gasteiger partial charge in [0.15, 0.2) is 0 Å². The van der Waals surface area contributed by atoms with Gasteiger partial charge < -0.3 is 10.0 Å². The number of likely N-dealkylation sites (N-methyl/N-ethyl adjacent to an activating group) is 1. The van der Waals surface area contributed by atoms with Crippen LogP contribution in [0.5, 0.6) is 0 Å². The second kappa shape index (κ2) is 5.06. The van der Waals surface area contributed by atoms with Crippen molar-refractivity contribution in [1.82, 2.24) is 4.90 Å². The fourth-order valence-electron chi connectivity index (χ4n) is 1.22. The lowest BCUT2D eigenvalue weighted by molar-refractivity contribution is -0.147. The maximum Gasteiger partial charge on any atom is 0.329 e. The smallest absolute Gasteiger partial charge is 0.329 e. The number of hydrogen-bond donors (Lipinski definition) is 1. The second-order valence-electron chi connectivity index (χ2n) is 4.36. The summed E-state index contributed by atoms with van der Waals surface area (Å²) in [5, 5.41) is 9.03. The van der Waals surface area contributed by atoms with Gasteiger partial charge in [-0.05, 0) is 48.0 Å². The average Bonchev–Trinajstić information content (AvgIpc) is 2.30. The molecule has 0 aliphatic carbocycles. The number of carbonyl (C=O) groups excluding carboxylic acids is 1. The molecule has 0 saturated heterocycles. The minimum atomic E-state index is -1.36. The molecule has 0 unspecified atom stereocenters. The summed E-state index contributed by atoms with van der Waals surface area (Å²) in [4.78, 5) is 24.2. The van der Waals surface area contributed by atoms with E-state index in [-0.39, 0.29) is 10.0 Å². The van der Waals surface area contributed by atoms with Crippen LogP contribution < -0.4 is 0 Å². The van der Waals surface area contributed by atoms with Crippen molar-refractivity contribution in [3.8, 4) is 0 Å². The van der Waals surface area contributed by atoms with Gasteiger partial charge in [-0.1, -0.05) is 0 Å². The number of carboxylic acid groups (broad SMARTS) is 1. The number of hydrogen-bond acceptors (Lipinski definition) is 2. The van der Waals surface area contributed by atoms with Gasteiger partial charge in [0, 0.05) is 12.6 Å². The van der Waals surface area contributed by atoms with Crippen LogP contribution in [0.1, 0.15) is 24.2 Å². The van der Waals surface area contributed by atoms with E-state index in [1.165, 1.54) is 33.0 Å². The van der Waals surface area contributed by atoms with Crippen molar-refractivity contribution in [2.24, 2.45) is 0 Å². The van der Waals surface area contributed by atoms with Crippen molar-refractivity contribution in [3.63, 3.8) is 0 Å². The van der Waals surface area contributed by atoms with Crippen LogP contribution in [0.15, 0.2) is 22.7 Å². The van der Waals surface area contributed by atoms with Gasteiger partial charge in [0.1, 0.15) is 11.4 Å². The van der Waals surface area contributed by atoms with E-state index in [0.717, 1.165) is 11.0 Å². The summed E-state index contributed by atoms with van der Waals surface area (Å²) in [5.74, 6) is -2.24.